The molecule has 0 spiro atoms. The van der Waals surface area contributed by atoms with Crippen molar-refractivity contribution in [1.29, 1.82) is 0 Å². The Morgan fingerprint density at radius 2 is 1.85 bits per heavy atom. The minimum Gasteiger partial charge on any atom is -0.616 e. The van der Waals surface area contributed by atoms with Crippen LogP contribution in [0.4, 0.5) is 0 Å². The largest absolute Gasteiger partial charge is 0.616 e. The molecule has 1 aliphatic heterocycles. The number of carbonyl (C=O) groups excluding carboxylic acids is 2. The van der Waals surface area contributed by atoms with Gasteiger partial charge in [0.2, 0.25) is 11.8 Å². The summed E-state index contributed by atoms with van der Waals surface area (Å²) in [6.45, 7) is 8.40. The van der Waals surface area contributed by atoms with E-state index in [1.807, 2.05) is 27.7 Å². The zero-order valence-corrected chi connectivity index (χ0v) is 21.5. The van der Waals surface area contributed by atoms with Gasteiger partial charge in [-0.1, -0.05) is 27.2 Å². The summed E-state index contributed by atoms with van der Waals surface area (Å²) in [6, 6.07) is -1.23. The van der Waals surface area contributed by atoms with Crippen LogP contribution in [0.5, 0.6) is 0 Å². The minimum absolute atomic E-state index is 0.00403. The number of allylic oxidation sites excluding steroid dienone is 1. The molecule has 2 saturated carbocycles. The molecule has 3 aliphatic rings. The van der Waals surface area contributed by atoms with Gasteiger partial charge in [0.05, 0.1) is 6.04 Å². The van der Waals surface area contributed by atoms with Crippen molar-refractivity contribution >= 4 is 23.0 Å². The van der Waals surface area contributed by atoms with E-state index in [0.717, 1.165) is 44.9 Å². The predicted octanol–water partition coefficient (Wildman–Crippen LogP) is 1.97. The maximum Gasteiger partial charge on any atom is 0.248 e. The molecule has 3 fully saturated rings. The highest BCUT2D eigenvalue weighted by Crippen LogP contribution is 2.35. The Bertz CT molecular complexity index is 736. The second-order valence-corrected chi connectivity index (χ2v) is 12.9. The highest BCUT2D eigenvalue weighted by atomic mass is 32.2. The van der Waals surface area contributed by atoms with Gasteiger partial charge in [0.25, 0.3) is 0 Å². The summed E-state index contributed by atoms with van der Waals surface area (Å²) in [5, 5.41) is 4.62. The first-order valence-electron chi connectivity index (χ1n) is 12.5. The van der Waals surface area contributed by atoms with Gasteiger partial charge in [-0.05, 0) is 68.5 Å². The number of hydrogen-bond acceptors (Lipinski definition) is 6. The van der Waals surface area contributed by atoms with Crippen molar-refractivity contribution < 1.29 is 14.1 Å². The number of hydrazine groups is 1. The third-order valence-electron chi connectivity index (χ3n) is 7.19. The summed E-state index contributed by atoms with van der Waals surface area (Å²) in [6.07, 6.45) is 9.02. The molecule has 3 rings (SSSR count). The van der Waals surface area contributed by atoms with Gasteiger partial charge in [-0.2, -0.15) is 0 Å². The molecule has 3 unspecified atom stereocenters. The molecule has 0 bridgehead atoms. The molecular formula is C24H43N5O3S. The summed E-state index contributed by atoms with van der Waals surface area (Å²) >= 11 is -0.946. The van der Waals surface area contributed by atoms with E-state index in [4.69, 9.17) is 11.6 Å². The first kappa shape index (κ1) is 26.2. The normalized spacial score (nSPS) is 28.4. The SMILES string of the molecule is CC[S+]([O-])C1CCCCC1NC(=O)[C@@H]1CCCN1C(=O)[C@@H](N(N)/C=C(\N)C1CC1)C(C)(C)C. The molecular weight excluding hydrogens is 438 g/mol. The van der Waals surface area contributed by atoms with E-state index >= 15 is 0 Å². The average Bonchev–Trinajstić information content (AvgIpc) is 3.48. The molecule has 0 aromatic heterocycles. The van der Waals surface area contributed by atoms with Gasteiger partial charge in [-0.3, -0.25) is 9.59 Å². The van der Waals surface area contributed by atoms with Gasteiger partial charge in [-0.25, -0.2) is 5.84 Å². The van der Waals surface area contributed by atoms with Crippen LogP contribution in [0, 0.1) is 11.3 Å². The number of carbonyl (C=O) groups is 2. The number of nitrogens with two attached hydrogens (primary N) is 2. The van der Waals surface area contributed by atoms with Gasteiger partial charge in [0.1, 0.15) is 23.1 Å². The molecule has 1 saturated heterocycles. The number of likely N-dealkylation sites (tertiary alicyclic amines) is 1. The molecule has 9 heteroatoms. The number of hydrogen-bond donors (Lipinski definition) is 3. The molecule has 2 aliphatic carbocycles. The van der Waals surface area contributed by atoms with Crippen molar-refractivity contribution in [2.75, 3.05) is 12.3 Å². The van der Waals surface area contributed by atoms with Crippen molar-refractivity contribution in [2.24, 2.45) is 22.9 Å². The fourth-order valence-corrected chi connectivity index (χ4v) is 6.67. The average molecular weight is 482 g/mol. The number of nitrogens with one attached hydrogen (secondary N) is 1. The van der Waals surface area contributed by atoms with E-state index < -0.39 is 28.7 Å². The lowest BCUT2D eigenvalue weighted by Gasteiger charge is -2.40. The summed E-state index contributed by atoms with van der Waals surface area (Å²) in [7, 11) is 0. The zero-order valence-electron chi connectivity index (χ0n) is 20.7. The first-order chi connectivity index (χ1) is 15.5. The van der Waals surface area contributed by atoms with Crippen LogP contribution in [-0.4, -0.2) is 61.9 Å². The molecule has 0 radical (unpaired) electrons. The van der Waals surface area contributed by atoms with Crippen LogP contribution < -0.4 is 16.9 Å². The lowest BCUT2D eigenvalue weighted by molar-refractivity contribution is -0.145. The Labute approximate surface area is 202 Å². The fourth-order valence-electron chi connectivity index (χ4n) is 5.24. The predicted molar refractivity (Wildman–Crippen MR) is 132 cm³/mol. The molecule has 1 heterocycles. The molecule has 5 atom stereocenters. The smallest absolute Gasteiger partial charge is 0.248 e. The topological polar surface area (TPSA) is 128 Å². The standard InChI is InChI=1S/C24H43N5O3S/c1-5-33(32)20-11-7-6-9-18(20)27-22(30)19-10-8-14-28(19)23(31)21(24(2,3)4)29(26)15-17(25)16-12-13-16/h15-16,18-21H,5-14,25-26H2,1-4H3,(H,27,30)/b17-15-/t18?,19-,20?,21+,33?/m0/s1. The van der Waals surface area contributed by atoms with Gasteiger partial charge >= 0.3 is 0 Å². The number of rotatable bonds is 8. The zero-order chi connectivity index (χ0) is 24.3. The van der Waals surface area contributed by atoms with E-state index in [9.17, 15) is 14.1 Å². The van der Waals surface area contributed by atoms with Crippen LogP contribution in [0.3, 0.4) is 0 Å². The van der Waals surface area contributed by atoms with Crippen molar-refractivity contribution in [2.45, 2.75) is 102 Å². The van der Waals surface area contributed by atoms with E-state index in [0.29, 0.717) is 30.3 Å². The van der Waals surface area contributed by atoms with Gasteiger partial charge < -0.3 is 25.5 Å². The van der Waals surface area contributed by atoms with Gasteiger partial charge in [-0.15, -0.1) is 0 Å². The molecule has 0 aromatic rings. The minimum atomic E-state index is -0.946. The van der Waals surface area contributed by atoms with Crippen LogP contribution >= 0.6 is 0 Å². The summed E-state index contributed by atoms with van der Waals surface area (Å²) < 4.78 is 12.5. The fraction of sp³-hybridized carbons (Fsp3) is 0.833. The quantitative estimate of drug-likeness (QED) is 0.276. The lowest BCUT2D eigenvalue weighted by atomic mass is 9.85. The second-order valence-electron chi connectivity index (χ2n) is 10.9. The van der Waals surface area contributed by atoms with E-state index in [1.165, 1.54) is 5.01 Å². The van der Waals surface area contributed by atoms with E-state index in [-0.39, 0.29) is 23.1 Å². The number of amides is 2. The van der Waals surface area contributed by atoms with Crippen molar-refractivity contribution in [3.05, 3.63) is 11.9 Å². The van der Waals surface area contributed by atoms with Crippen LogP contribution in [0.25, 0.3) is 0 Å². The molecule has 188 valence electrons. The Morgan fingerprint density at radius 1 is 1.18 bits per heavy atom. The highest BCUT2D eigenvalue weighted by Gasteiger charge is 2.44. The summed E-state index contributed by atoms with van der Waals surface area (Å²) in [4.78, 5) is 28.7. The van der Waals surface area contributed by atoms with Gasteiger partial charge in [0.15, 0.2) is 0 Å². The van der Waals surface area contributed by atoms with Crippen LogP contribution in [0.2, 0.25) is 0 Å². The first-order valence-corrected chi connectivity index (χ1v) is 13.9. The lowest BCUT2D eigenvalue weighted by Crippen LogP contribution is -2.59. The Morgan fingerprint density at radius 3 is 2.45 bits per heavy atom. The van der Waals surface area contributed by atoms with Crippen LogP contribution in [0.1, 0.15) is 79.1 Å². The second kappa shape index (κ2) is 10.9. The molecule has 33 heavy (non-hydrogen) atoms. The monoisotopic (exact) mass is 481 g/mol. The van der Waals surface area contributed by atoms with Crippen LogP contribution in [-0.2, 0) is 20.8 Å². The van der Waals surface area contributed by atoms with Crippen molar-refractivity contribution in [3.63, 3.8) is 0 Å². The highest BCUT2D eigenvalue weighted by molar-refractivity contribution is 7.92. The third-order valence-corrected chi connectivity index (χ3v) is 9.00. The van der Waals surface area contributed by atoms with E-state index in [2.05, 4.69) is 5.32 Å². The Kier molecular flexibility index (Phi) is 8.61. The Hall–Kier alpha value is -1.45. The maximum atomic E-state index is 13.7. The summed E-state index contributed by atoms with van der Waals surface area (Å²) in [5.74, 6) is 7.06. The molecule has 8 nitrogen and oxygen atoms in total. The van der Waals surface area contributed by atoms with E-state index in [1.54, 1.807) is 11.1 Å². The molecule has 5 N–H and O–H groups in total. The van der Waals surface area contributed by atoms with Gasteiger partial charge in [0, 0.05) is 24.4 Å². The molecule has 2 amide bonds. The van der Waals surface area contributed by atoms with Crippen molar-refractivity contribution in [1.82, 2.24) is 15.2 Å². The Balaban J connectivity index is 1.73. The third kappa shape index (κ3) is 6.36. The van der Waals surface area contributed by atoms with Crippen LogP contribution in [0.15, 0.2) is 11.9 Å². The summed E-state index contributed by atoms with van der Waals surface area (Å²) in [5.41, 5.74) is 6.44. The number of nitrogens with zero attached hydrogens (tertiary/aromatic N) is 2. The van der Waals surface area contributed by atoms with Crippen molar-refractivity contribution in [3.8, 4) is 0 Å². The molecule has 0 aromatic carbocycles. The maximum absolute atomic E-state index is 13.7.